The SMILES string of the molecule is CCCC(CC)(CCC)O[C]=O. The Labute approximate surface area is 75.3 Å². The quantitative estimate of drug-likeness (QED) is 0.588. The summed E-state index contributed by atoms with van der Waals surface area (Å²) in [5.74, 6) is 0. The van der Waals surface area contributed by atoms with Crippen LogP contribution in [0.4, 0.5) is 0 Å². The predicted octanol–water partition coefficient (Wildman–Crippen LogP) is 2.82. The minimum Gasteiger partial charge on any atom is -0.451 e. The molecule has 0 aliphatic heterocycles. The molecule has 0 heterocycles. The highest BCUT2D eigenvalue weighted by Gasteiger charge is 2.27. The van der Waals surface area contributed by atoms with Crippen molar-refractivity contribution in [2.24, 2.45) is 0 Å². The molecule has 0 amide bonds. The van der Waals surface area contributed by atoms with Crippen LogP contribution in [0.3, 0.4) is 0 Å². The van der Waals surface area contributed by atoms with Gasteiger partial charge in [0.15, 0.2) is 0 Å². The van der Waals surface area contributed by atoms with Crippen LogP contribution in [0.2, 0.25) is 0 Å². The highest BCUT2D eigenvalue weighted by Crippen LogP contribution is 2.26. The van der Waals surface area contributed by atoms with Gasteiger partial charge in [-0.25, -0.2) is 4.79 Å². The average Bonchev–Trinajstić information content (AvgIpc) is 2.06. The van der Waals surface area contributed by atoms with Crippen LogP contribution in [0.1, 0.15) is 52.9 Å². The number of rotatable bonds is 7. The summed E-state index contributed by atoms with van der Waals surface area (Å²) in [6, 6.07) is 0. The standard InChI is InChI=1S/C10H19O2/c1-4-7-10(6-3,8-5-2)12-9-11/h4-8H2,1-3H3. The smallest absolute Gasteiger partial charge is 0.418 e. The molecule has 0 fully saturated rings. The lowest BCUT2D eigenvalue weighted by molar-refractivity contribution is 0.0285. The largest absolute Gasteiger partial charge is 0.451 e. The van der Waals surface area contributed by atoms with Crippen LogP contribution in [0.5, 0.6) is 0 Å². The van der Waals surface area contributed by atoms with Gasteiger partial charge >= 0.3 is 6.47 Å². The van der Waals surface area contributed by atoms with E-state index in [1.165, 1.54) is 0 Å². The first-order chi connectivity index (χ1) is 5.74. The van der Waals surface area contributed by atoms with Crippen molar-refractivity contribution >= 4 is 6.47 Å². The van der Waals surface area contributed by atoms with Crippen LogP contribution in [0.25, 0.3) is 0 Å². The lowest BCUT2D eigenvalue weighted by Crippen LogP contribution is -2.31. The third-order valence-corrected chi connectivity index (χ3v) is 2.31. The molecule has 0 N–H and O–H groups in total. The van der Waals surface area contributed by atoms with Crippen molar-refractivity contribution < 1.29 is 9.53 Å². The van der Waals surface area contributed by atoms with Gasteiger partial charge in [-0.1, -0.05) is 33.6 Å². The summed E-state index contributed by atoms with van der Waals surface area (Å²) in [5.41, 5.74) is -0.231. The molecule has 0 aliphatic rings. The molecule has 12 heavy (non-hydrogen) atoms. The maximum Gasteiger partial charge on any atom is 0.418 e. The van der Waals surface area contributed by atoms with E-state index < -0.39 is 0 Å². The fourth-order valence-electron chi connectivity index (χ4n) is 1.65. The molecule has 0 unspecified atom stereocenters. The Morgan fingerprint density at radius 2 is 1.67 bits per heavy atom. The molecule has 0 aliphatic carbocycles. The molecule has 1 radical (unpaired) electrons. The van der Waals surface area contributed by atoms with Crippen molar-refractivity contribution in [2.45, 2.75) is 58.5 Å². The first-order valence-electron chi connectivity index (χ1n) is 4.79. The van der Waals surface area contributed by atoms with Crippen molar-refractivity contribution in [3.8, 4) is 0 Å². The highest BCUT2D eigenvalue weighted by atomic mass is 16.5. The van der Waals surface area contributed by atoms with Gasteiger partial charge in [0, 0.05) is 0 Å². The van der Waals surface area contributed by atoms with Crippen molar-refractivity contribution in [2.75, 3.05) is 0 Å². The van der Waals surface area contributed by atoms with Gasteiger partial charge in [0.05, 0.1) is 0 Å². The molecule has 2 heteroatoms. The van der Waals surface area contributed by atoms with Crippen LogP contribution in [0, 0.1) is 0 Å². The van der Waals surface area contributed by atoms with Gasteiger partial charge < -0.3 is 4.74 Å². The predicted molar refractivity (Wildman–Crippen MR) is 49.6 cm³/mol. The fourth-order valence-corrected chi connectivity index (χ4v) is 1.65. The van der Waals surface area contributed by atoms with E-state index in [9.17, 15) is 4.79 Å². The topological polar surface area (TPSA) is 26.3 Å². The number of ether oxygens (including phenoxy) is 1. The molecule has 2 nitrogen and oxygen atoms in total. The second-order valence-corrected chi connectivity index (χ2v) is 3.22. The number of hydrogen-bond acceptors (Lipinski definition) is 2. The minimum atomic E-state index is -0.231. The summed E-state index contributed by atoms with van der Waals surface area (Å²) in [6.45, 7) is 7.85. The van der Waals surface area contributed by atoms with Crippen LogP contribution in [-0.2, 0) is 9.53 Å². The molecular weight excluding hydrogens is 152 g/mol. The summed E-state index contributed by atoms with van der Waals surface area (Å²) >= 11 is 0. The van der Waals surface area contributed by atoms with E-state index in [1.54, 1.807) is 6.47 Å². The second kappa shape index (κ2) is 6.04. The van der Waals surface area contributed by atoms with E-state index in [0.29, 0.717) is 0 Å². The molecule has 0 rings (SSSR count). The van der Waals surface area contributed by atoms with E-state index in [2.05, 4.69) is 20.8 Å². The third kappa shape index (κ3) is 3.24. The lowest BCUT2D eigenvalue weighted by atomic mass is 9.90. The Morgan fingerprint density at radius 3 is 1.92 bits per heavy atom. The molecule has 0 aromatic heterocycles. The Balaban J connectivity index is 4.15. The fraction of sp³-hybridized carbons (Fsp3) is 0.900. The zero-order chi connectivity index (χ0) is 9.45. The average molecular weight is 171 g/mol. The molecule has 0 aromatic rings. The van der Waals surface area contributed by atoms with E-state index in [1.807, 2.05) is 0 Å². The molecule has 0 aromatic carbocycles. The van der Waals surface area contributed by atoms with Crippen molar-refractivity contribution in [1.29, 1.82) is 0 Å². The van der Waals surface area contributed by atoms with Gasteiger partial charge in [-0.05, 0) is 19.3 Å². The molecule has 71 valence electrons. The van der Waals surface area contributed by atoms with Gasteiger partial charge in [0.2, 0.25) is 0 Å². The van der Waals surface area contributed by atoms with Gasteiger partial charge in [-0.15, -0.1) is 0 Å². The summed E-state index contributed by atoms with van der Waals surface area (Å²) in [4.78, 5) is 10.2. The van der Waals surface area contributed by atoms with E-state index in [-0.39, 0.29) is 5.60 Å². The molecular formula is C10H19O2. The first kappa shape index (κ1) is 11.5. The second-order valence-electron chi connectivity index (χ2n) is 3.22. The monoisotopic (exact) mass is 171 g/mol. The van der Waals surface area contributed by atoms with Crippen molar-refractivity contribution in [1.82, 2.24) is 0 Å². The minimum absolute atomic E-state index is 0.231. The number of hydrogen-bond donors (Lipinski definition) is 0. The Hall–Kier alpha value is -0.530. The normalized spacial score (nSPS) is 11.2. The van der Waals surface area contributed by atoms with Crippen molar-refractivity contribution in [3.05, 3.63) is 0 Å². The maximum absolute atomic E-state index is 10.2. The van der Waals surface area contributed by atoms with Crippen LogP contribution >= 0.6 is 0 Å². The number of carbonyl (C=O) groups excluding carboxylic acids is 1. The molecule has 0 saturated heterocycles. The highest BCUT2D eigenvalue weighted by molar-refractivity contribution is 5.39. The van der Waals surface area contributed by atoms with Crippen LogP contribution in [0.15, 0.2) is 0 Å². The van der Waals surface area contributed by atoms with Crippen LogP contribution < -0.4 is 0 Å². The van der Waals surface area contributed by atoms with Crippen molar-refractivity contribution in [3.63, 3.8) is 0 Å². The Morgan fingerprint density at radius 1 is 1.17 bits per heavy atom. The summed E-state index contributed by atoms with van der Waals surface area (Å²) < 4.78 is 5.05. The van der Waals surface area contributed by atoms with E-state index >= 15 is 0 Å². The Bertz CT molecular complexity index is 115. The lowest BCUT2D eigenvalue weighted by Gasteiger charge is -2.29. The van der Waals surface area contributed by atoms with Crippen LogP contribution in [-0.4, -0.2) is 12.1 Å². The summed E-state index contributed by atoms with van der Waals surface area (Å²) in [7, 11) is 0. The van der Waals surface area contributed by atoms with Gasteiger partial charge in [-0.3, -0.25) is 0 Å². The van der Waals surface area contributed by atoms with Gasteiger partial charge in [-0.2, -0.15) is 0 Å². The van der Waals surface area contributed by atoms with E-state index in [4.69, 9.17) is 4.74 Å². The van der Waals surface area contributed by atoms with E-state index in [0.717, 1.165) is 32.1 Å². The summed E-state index contributed by atoms with van der Waals surface area (Å²) in [5, 5.41) is 0. The zero-order valence-electron chi connectivity index (χ0n) is 8.35. The Kier molecular flexibility index (Phi) is 5.77. The molecule has 0 atom stereocenters. The third-order valence-electron chi connectivity index (χ3n) is 2.31. The van der Waals surface area contributed by atoms with Gasteiger partial charge in [0.25, 0.3) is 0 Å². The molecule has 0 spiro atoms. The molecule has 0 bridgehead atoms. The maximum atomic E-state index is 10.2. The first-order valence-corrected chi connectivity index (χ1v) is 4.79. The molecule has 0 saturated carbocycles. The van der Waals surface area contributed by atoms with Gasteiger partial charge in [0.1, 0.15) is 5.60 Å². The summed E-state index contributed by atoms with van der Waals surface area (Å²) in [6.07, 6.45) is 4.90. The zero-order valence-corrected chi connectivity index (χ0v) is 8.35.